The summed E-state index contributed by atoms with van der Waals surface area (Å²) in [5.74, 6) is -0.881. The molecule has 0 bridgehead atoms. The number of nitrogens with one attached hydrogen (secondary N) is 1. The van der Waals surface area contributed by atoms with Crippen LogP contribution in [0.15, 0.2) is 16.4 Å². The number of hydrogen-bond donors (Lipinski definition) is 1. The molecule has 0 spiro atoms. The van der Waals surface area contributed by atoms with Gasteiger partial charge in [-0.2, -0.15) is 0 Å². The molecular weight excluding hydrogens is 326 g/mol. The predicted molar refractivity (Wildman–Crippen MR) is 84.3 cm³/mol. The van der Waals surface area contributed by atoms with Gasteiger partial charge in [0.1, 0.15) is 10.3 Å². The molecule has 0 aliphatic carbocycles. The summed E-state index contributed by atoms with van der Waals surface area (Å²) in [7, 11) is 1.29. The van der Waals surface area contributed by atoms with Crippen LogP contribution in [0.4, 0.5) is 5.00 Å². The van der Waals surface area contributed by atoms with Crippen LogP contribution in [0, 0.1) is 0 Å². The number of carbonyl (C=O) groups excluding carboxylic acids is 3. The molecule has 7 nitrogen and oxygen atoms in total. The summed E-state index contributed by atoms with van der Waals surface area (Å²) < 4.78 is 4.65. The highest BCUT2D eigenvalue weighted by Crippen LogP contribution is 2.32. The Morgan fingerprint density at radius 3 is 3.09 bits per heavy atom. The Labute approximate surface area is 134 Å². The highest BCUT2D eigenvalue weighted by atomic mass is 32.2. The van der Waals surface area contributed by atoms with E-state index in [1.807, 2.05) is 0 Å². The Bertz CT molecular complexity index is 670. The van der Waals surface area contributed by atoms with Gasteiger partial charge in [-0.1, -0.05) is 11.8 Å². The van der Waals surface area contributed by atoms with Crippen molar-refractivity contribution in [2.75, 3.05) is 25.5 Å². The molecule has 3 heterocycles. The third-order valence-corrected chi connectivity index (χ3v) is 5.33. The molecule has 2 amide bonds. The van der Waals surface area contributed by atoms with Crippen molar-refractivity contribution in [2.24, 2.45) is 4.99 Å². The van der Waals surface area contributed by atoms with E-state index in [4.69, 9.17) is 0 Å². The summed E-state index contributed by atoms with van der Waals surface area (Å²) in [4.78, 5) is 41.6. The number of esters is 1. The number of rotatable bonds is 4. The van der Waals surface area contributed by atoms with Gasteiger partial charge in [0.2, 0.25) is 11.8 Å². The number of thiophene rings is 1. The number of nitrogens with zero attached hydrogens (tertiary/aromatic N) is 2. The van der Waals surface area contributed by atoms with E-state index in [1.165, 1.54) is 30.2 Å². The molecule has 22 heavy (non-hydrogen) atoms. The molecule has 1 aromatic rings. The molecule has 1 saturated heterocycles. The minimum absolute atomic E-state index is 0.0531. The first-order valence-corrected chi connectivity index (χ1v) is 8.34. The number of aliphatic imine (C=N–C) groups is 1. The smallest absolute Gasteiger partial charge is 0.340 e. The first kappa shape index (κ1) is 15.0. The largest absolute Gasteiger partial charge is 0.465 e. The quantitative estimate of drug-likeness (QED) is 0.832. The molecule has 2 aliphatic heterocycles. The highest BCUT2D eigenvalue weighted by Gasteiger charge is 2.40. The Hall–Kier alpha value is -1.87. The average Bonchev–Trinajstić information content (AvgIpc) is 3.18. The summed E-state index contributed by atoms with van der Waals surface area (Å²) >= 11 is 2.56. The van der Waals surface area contributed by atoms with Crippen LogP contribution in [-0.4, -0.2) is 53.3 Å². The molecule has 2 aliphatic rings. The molecule has 9 heteroatoms. The molecule has 1 atom stereocenters. The summed E-state index contributed by atoms with van der Waals surface area (Å²) in [6.07, 6.45) is 0.0531. The Balaban J connectivity index is 1.63. The van der Waals surface area contributed by atoms with Gasteiger partial charge in [-0.3, -0.25) is 19.5 Å². The third kappa shape index (κ3) is 2.73. The van der Waals surface area contributed by atoms with Crippen molar-refractivity contribution in [3.63, 3.8) is 0 Å². The van der Waals surface area contributed by atoms with E-state index in [2.05, 4.69) is 15.0 Å². The first-order chi connectivity index (χ1) is 10.6. The zero-order chi connectivity index (χ0) is 15.7. The van der Waals surface area contributed by atoms with E-state index in [9.17, 15) is 14.4 Å². The number of amidine groups is 1. The van der Waals surface area contributed by atoms with E-state index >= 15 is 0 Å². The fourth-order valence-corrected chi connectivity index (χ4v) is 4.22. The third-order valence-electron chi connectivity index (χ3n) is 3.28. The van der Waals surface area contributed by atoms with Gasteiger partial charge in [-0.25, -0.2) is 4.79 Å². The monoisotopic (exact) mass is 339 g/mol. The van der Waals surface area contributed by atoms with Crippen molar-refractivity contribution in [2.45, 2.75) is 11.7 Å². The summed E-state index contributed by atoms with van der Waals surface area (Å²) in [6.45, 7) is 1.22. The van der Waals surface area contributed by atoms with E-state index < -0.39 is 11.2 Å². The number of methoxy groups -OCH3 is 1. The van der Waals surface area contributed by atoms with Crippen LogP contribution in [-0.2, 0) is 14.3 Å². The number of ether oxygens (including phenoxy) is 1. The minimum atomic E-state index is -0.502. The van der Waals surface area contributed by atoms with Gasteiger partial charge in [-0.15, -0.1) is 11.3 Å². The number of thioether (sulfide) groups is 1. The Kier molecular flexibility index (Phi) is 4.16. The van der Waals surface area contributed by atoms with Crippen LogP contribution >= 0.6 is 23.1 Å². The van der Waals surface area contributed by atoms with Crippen molar-refractivity contribution >= 4 is 51.1 Å². The zero-order valence-corrected chi connectivity index (χ0v) is 13.3. The lowest BCUT2D eigenvalue weighted by molar-refractivity contribution is -0.127. The fourth-order valence-electron chi connectivity index (χ4n) is 2.24. The molecule has 116 valence electrons. The van der Waals surface area contributed by atoms with Crippen LogP contribution in [0.2, 0.25) is 0 Å². The minimum Gasteiger partial charge on any atom is -0.465 e. The topological polar surface area (TPSA) is 88.1 Å². The lowest BCUT2D eigenvalue weighted by Crippen LogP contribution is -2.32. The Morgan fingerprint density at radius 2 is 2.36 bits per heavy atom. The van der Waals surface area contributed by atoms with Crippen LogP contribution in [0.5, 0.6) is 0 Å². The van der Waals surface area contributed by atoms with Crippen LogP contribution in [0.3, 0.4) is 0 Å². The van der Waals surface area contributed by atoms with Crippen molar-refractivity contribution in [1.29, 1.82) is 0 Å². The van der Waals surface area contributed by atoms with Gasteiger partial charge in [-0.05, 0) is 11.4 Å². The second kappa shape index (κ2) is 6.09. The molecule has 1 fully saturated rings. The number of anilines is 1. The molecule has 0 saturated carbocycles. The number of carbonyl (C=O) groups is 3. The van der Waals surface area contributed by atoms with Gasteiger partial charge in [0.05, 0.1) is 19.2 Å². The second-order valence-corrected chi connectivity index (χ2v) is 6.75. The van der Waals surface area contributed by atoms with Crippen molar-refractivity contribution in [3.05, 3.63) is 17.0 Å². The van der Waals surface area contributed by atoms with Gasteiger partial charge < -0.3 is 10.1 Å². The first-order valence-electron chi connectivity index (χ1n) is 6.58. The van der Waals surface area contributed by atoms with Crippen LogP contribution in [0.1, 0.15) is 16.8 Å². The second-order valence-electron chi connectivity index (χ2n) is 4.67. The number of amides is 2. The van der Waals surface area contributed by atoms with Gasteiger partial charge in [0, 0.05) is 13.0 Å². The lowest BCUT2D eigenvalue weighted by Gasteiger charge is -2.10. The number of hydrogen-bond acceptors (Lipinski definition) is 7. The lowest BCUT2D eigenvalue weighted by atomic mass is 10.2. The molecule has 1 aromatic heterocycles. The average molecular weight is 339 g/mol. The van der Waals surface area contributed by atoms with Crippen molar-refractivity contribution in [1.82, 2.24) is 4.90 Å². The maximum absolute atomic E-state index is 12.1. The van der Waals surface area contributed by atoms with E-state index in [0.717, 1.165) is 0 Å². The molecule has 0 aromatic carbocycles. The fraction of sp³-hybridized carbons (Fsp3) is 0.385. The molecule has 3 rings (SSSR count). The molecular formula is C13H13N3O4S2. The van der Waals surface area contributed by atoms with Crippen molar-refractivity contribution in [3.8, 4) is 0 Å². The molecule has 1 N–H and O–H groups in total. The molecule has 0 radical (unpaired) electrons. The van der Waals surface area contributed by atoms with Gasteiger partial charge >= 0.3 is 5.97 Å². The van der Waals surface area contributed by atoms with Crippen LogP contribution < -0.4 is 5.32 Å². The van der Waals surface area contributed by atoms with Gasteiger partial charge in [0.15, 0.2) is 5.17 Å². The normalized spacial score (nSPS) is 19.9. The molecule has 1 unspecified atom stereocenters. The summed E-state index contributed by atoms with van der Waals surface area (Å²) in [6, 6.07) is 1.59. The highest BCUT2D eigenvalue weighted by molar-refractivity contribution is 8.15. The maximum atomic E-state index is 12.1. The van der Waals surface area contributed by atoms with Crippen LogP contribution in [0.25, 0.3) is 0 Å². The van der Waals surface area contributed by atoms with E-state index in [0.29, 0.717) is 28.8 Å². The van der Waals surface area contributed by atoms with Crippen molar-refractivity contribution < 1.29 is 19.1 Å². The number of fused-ring (bicyclic) bond motifs is 1. The predicted octanol–water partition coefficient (Wildman–Crippen LogP) is 1.18. The SMILES string of the molecule is COC(=O)c1ccsc1NC(=O)CC1SC2=NCCN2C1=O. The zero-order valence-electron chi connectivity index (χ0n) is 11.7. The summed E-state index contributed by atoms with van der Waals surface area (Å²) in [5.41, 5.74) is 0.316. The summed E-state index contributed by atoms with van der Waals surface area (Å²) in [5, 5.41) is 5.06. The van der Waals surface area contributed by atoms with E-state index in [1.54, 1.807) is 16.3 Å². The van der Waals surface area contributed by atoms with Gasteiger partial charge in [0.25, 0.3) is 0 Å². The maximum Gasteiger partial charge on any atom is 0.340 e. The standard InChI is InChI=1S/C13H13N3O4S2/c1-20-12(19)7-2-5-21-10(7)15-9(17)6-8-11(18)16-4-3-14-13(16)22-8/h2,5,8H,3-4,6H2,1H3,(H,15,17). The Morgan fingerprint density at radius 1 is 1.55 bits per heavy atom. The van der Waals surface area contributed by atoms with E-state index in [-0.39, 0.29) is 18.2 Å².